The lowest BCUT2D eigenvalue weighted by molar-refractivity contribution is 0.990. The Kier molecular flexibility index (Phi) is 3.70. The molecule has 0 unspecified atom stereocenters. The number of halogens is 1. The van der Waals surface area contributed by atoms with Gasteiger partial charge in [-0.2, -0.15) is 0 Å². The maximum atomic E-state index is 4.57. The lowest BCUT2D eigenvalue weighted by Crippen LogP contribution is -2.17. The van der Waals surface area contributed by atoms with Gasteiger partial charge in [-0.1, -0.05) is 42.5 Å². The summed E-state index contributed by atoms with van der Waals surface area (Å²) < 4.78 is 0.855. The van der Waals surface area contributed by atoms with Crippen LogP contribution in [0, 0.1) is 0 Å². The van der Waals surface area contributed by atoms with E-state index in [0.717, 1.165) is 17.0 Å². The van der Waals surface area contributed by atoms with Crippen LogP contribution >= 0.6 is 15.9 Å². The molecule has 0 atom stereocenters. The van der Waals surface area contributed by atoms with Crippen molar-refractivity contribution in [3.8, 4) is 0 Å². The first-order valence-electron chi connectivity index (χ1n) is 6.67. The van der Waals surface area contributed by atoms with Crippen molar-refractivity contribution in [1.82, 2.24) is 4.98 Å². The Morgan fingerprint density at radius 1 is 0.950 bits per heavy atom. The summed E-state index contributed by atoms with van der Waals surface area (Å²) in [6.45, 7) is 3.02. The van der Waals surface area contributed by atoms with Gasteiger partial charge >= 0.3 is 0 Å². The number of rotatable bonds is 3. The predicted octanol–water partition coefficient (Wildman–Crippen LogP) is 5.16. The average Bonchev–Trinajstić information content (AvgIpc) is 2.48. The van der Waals surface area contributed by atoms with Gasteiger partial charge in [-0.3, -0.25) is 0 Å². The summed E-state index contributed by atoms with van der Waals surface area (Å²) in [5, 5.41) is 2.50. The fourth-order valence-electron chi connectivity index (χ4n) is 2.45. The zero-order chi connectivity index (χ0) is 13.9. The summed E-state index contributed by atoms with van der Waals surface area (Å²) in [5.74, 6) is 0.957. The van der Waals surface area contributed by atoms with Crippen LogP contribution in [0.5, 0.6) is 0 Å². The van der Waals surface area contributed by atoms with E-state index >= 15 is 0 Å². The van der Waals surface area contributed by atoms with Crippen molar-refractivity contribution in [3.05, 3.63) is 65.3 Å². The summed E-state index contributed by atoms with van der Waals surface area (Å²) >= 11 is 3.44. The number of nitrogens with zero attached hydrogens (tertiary/aromatic N) is 2. The fourth-order valence-corrected chi connectivity index (χ4v) is 2.78. The molecular weight excluding hydrogens is 312 g/mol. The Bertz CT molecular complexity index is 734. The van der Waals surface area contributed by atoms with Crippen molar-refractivity contribution in [2.45, 2.75) is 6.92 Å². The van der Waals surface area contributed by atoms with E-state index in [9.17, 15) is 0 Å². The van der Waals surface area contributed by atoms with Crippen LogP contribution in [0.25, 0.3) is 10.8 Å². The van der Waals surface area contributed by atoms with E-state index in [-0.39, 0.29) is 0 Å². The Balaban J connectivity index is 2.17. The summed E-state index contributed by atoms with van der Waals surface area (Å²) in [7, 11) is 0. The van der Waals surface area contributed by atoms with Gasteiger partial charge in [0.2, 0.25) is 0 Å². The van der Waals surface area contributed by atoms with Crippen LogP contribution in [-0.2, 0) is 0 Å². The van der Waals surface area contributed by atoms with E-state index in [1.54, 1.807) is 0 Å². The van der Waals surface area contributed by atoms with Gasteiger partial charge in [0.1, 0.15) is 10.4 Å². The molecule has 0 radical (unpaired) electrons. The van der Waals surface area contributed by atoms with Crippen LogP contribution < -0.4 is 4.90 Å². The van der Waals surface area contributed by atoms with Crippen molar-refractivity contribution in [3.63, 3.8) is 0 Å². The molecule has 0 spiro atoms. The SMILES string of the molecule is CCN(c1cccc(Br)n1)c1cccc2ccccc12. The largest absolute Gasteiger partial charge is 0.326 e. The first kappa shape index (κ1) is 13.1. The molecule has 0 saturated heterocycles. The molecule has 0 aliphatic heterocycles. The first-order chi connectivity index (χ1) is 9.79. The van der Waals surface area contributed by atoms with E-state index in [1.807, 2.05) is 18.2 Å². The van der Waals surface area contributed by atoms with Crippen molar-refractivity contribution in [1.29, 1.82) is 0 Å². The highest BCUT2D eigenvalue weighted by Gasteiger charge is 2.11. The number of anilines is 2. The molecule has 0 N–H and O–H groups in total. The zero-order valence-corrected chi connectivity index (χ0v) is 12.8. The highest BCUT2D eigenvalue weighted by Crippen LogP contribution is 2.31. The molecule has 2 aromatic carbocycles. The number of aromatic nitrogens is 1. The molecule has 3 aromatic rings. The third-order valence-electron chi connectivity index (χ3n) is 3.35. The molecule has 1 aromatic heterocycles. The van der Waals surface area contributed by atoms with Gasteiger partial charge in [-0.15, -0.1) is 0 Å². The molecule has 0 amide bonds. The van der Waals surface area contributed by atoms with Gasteiger partial charge in [-0.25, -0.2) is 4.98 Å². The zero-order valence-electron chi connectivity index (χ0n) is 11.3. The van der Waals surface area contributed by atoms with E-state index in [2.05, 4.69) is 75.2 Å². The van der Waals surface area contributed by atoms with E-state index < -0.39 is 0 Å². The molecule has 20 heavy (non-hydrogen) atoms. The van der Waals surface area contributed by atoms with E-state index in [4.69, 9.17) is 0 Å². The Morgan fingerprint density at radius 3 is 2.50 bits per heavy atom. The molecule has 2 nitrogen and oxygen atoms in total. The van der Waals surface area contributed by atoms with Gasteiger partial charge < -0.3 is 4.90 Å². The normalized spacial score (nSPS) is 10.7. The first-order valence-corrected chi connectivity index (χ1v) is 7.47. The lowest BCUT2D eigenvalue weighted by Gasteiger charge is -2.23. The van der Waals surface area contributed by atoms with Crippen LogP contribution in [0.1, 0.15) is 6.92 Å². The number of hydrogen-bond acceptors (Lipinski definition) is 2. The highest BCUT2D eigenvalue weighted by molar-refractivity contribution is 9.10. The molecule has 1 heterocycles. The molecule has 3 heteroatoms. The summed E-state index contributed by atoms with van der Waals surface area (Å²) in [6, 6.07) is 20.8. The van der Waals surface area contributed by atoms with Crippen LogP contribution in [0.2, 0.25) is 0 Å². The van der Waals surface area contributed by atoms with Crippen LogP contribution in [0.4, 0.5) is 11.5 Å². The Morgan fingerprint density at radius 2 is 1.70 bits per heavy atom. The predicted molar refractivity (Wildman–Crippen MR) is 88.6 cm³/mol. The minimum Gasteiger partial charge on any atom is -0.326 e. The highest BCUT2D eigenvalue weighted by atomic mass is 79.9. The average molecular weight is 327 g/mol. The minimum atomic E-state index is 0.855. The minimum absolute atomic E-state index is 0.855. The van der Waals surface area contributed by atoms with Gasteiger partial charge in [0, 0.05) is 11.9 Å². The monoisotopic (exact) mass is 326 g/mol. The van der Waals surface area contributed by atoms with E-state index in [0.29, 0.717) is 0 Å². The van der Waals surface area contributed by atoms with E-state index in [1.165, 1.54) is 16.5 Å². The standard InChI is InChI=1S/C17H15BrN2/c1-2-20(17-12-6-11-16(18)19-17)15-10-5-8-13-7-3-4-9-14(13)15/h3-12H,2H2,1H3. The summed E-state index contributed by atoms with van der Waals surface area (Å²) in [5.41, 5.74) is 1.19. The molecule has 100 valence electrons. The smallest absolute Gasteiger partial charge is 0.134 e. The van der Waals surface area contributed by atoms with Crippen LogP contribution in [-0.4, -0.2) is 11.5 Å². The number of hydrogen-bond donors (Lipinski definition) is 0. The lowest BCUT2D eigenvalue weighted by atomic mass is 10.1. The molecule has 0 fully saturated rings. The summed E-state index contributed by atoms with van der Waals surface area (Å²) in [6.07, 6.45) is 0. The van der Waals surface area contributed by atoms with Gasteiger partial charge in [0.05, 0.1) is 5.69 Å². The second-order valence-electron chi connectivity index (χ2n) is 4.56. The molecular formula is C17H15BrN2. The second-order valence-corrected chi connectivity index (χ2v) is 5.37. The van der Waals surface area contributed by atoms with Gasteiger partial charge in [0.15, 0.2) is 0 Å². The van der Waals surface area contributed by atoms with Crippen molar-refractivity contribution in [2.75, 3.05) is 11.4 Å². The van der Waals surface area contributed by atoms with Crippen molar-refractivity contribution in [2.24, 2.45) is 0 Å². The van der Waals surface area contributed by atoms with Gasteiger partial charge in [-0.05, 0) is 46.4 Å². The second kappa shape index (κ2) is 5.63. The van der Waals surface area contributed by atoms with Crippen molar-refractivity contribution < 1.29 is 0 Å². The summed E-state index contributed by atoms with van der Waals surface area (Å²) in [4.78, 5) is 6.80. The third-order valence-corrected chi connectivity index (χ3v) is 3.79. The maximum Gasteiger partial charge on any atom is 0.134 e. The molecule has 0 saturated carbocycles. The molecule has 0 aliphatic rings. The number of fused-ring (bicyclic) bond motifs is 1. The number of benzene rings is 2. The molecule has 3 rings (SSSR count). The fraction of sp³-hybridized carbons (Fsp3) is 0.118. The van der Waals surface area contributed by atoms with Gasteiger partial charge in [0.25, 0.3) is 0 Å². The molecule has 0 bridgehead atoms. The third kappa shape index (κ3) is 2.41. The Hall–Kier alpha value is -1.87. The maximum absolute atomic E-state index is 4.57. The van der Waals surface area contributed by atoms with Crippen LogP contribution in [0.15, 0.2) is 65.3 Å². The van der Waals surface area contributed by atoms with Crippen molar-refractivity contribution >= 4 is 38.2 Å². The van der Waals surface area contributed by atoms with Crippen LogP contribution in [0.3, 0.4) is 0 Å². The molecule has 0 aliphatic carbocycles. The number of pyridine rings is 1. The Labute approximate surface area is 127 Å². The topological polar surface area (TPSA) is 16.1 Å². The quantitative estimate of drug-likeness (QED) is 0.618.